The van der Waals surface area contributed by atoms with Gasteiger partial charge >= 0.3 is 0 Å². The van der Waals surface area contributed by atoms with Crippen molar-refractivity contribution in [2.45, 2.75) is 42.9 Å². The van der Waals surface area contributed by atoms with Gasteiger partial charge in [0, 0.05) is 6.04 Å². The molecule has 0 radical (unpaired) electrons. The zero-order valence-electron chi connectivity index (χ0n) is 11.1. The number of carbonyl (C=O) groups excluding carboxylic acids is 1. The molecule has 0 atom stereocenters. The van der Waals surface area contributed by atoms with E-state index >= 15 is 0 Å². The fourth-order valence-corrected chi connectivity index (χ4v) is 6.44. The van der Waals surface area contributed by atoms with E-state index < -0.39 is 15.9 Å². The predicted octanol–water partition coefficient (Wildman–Crippen LogP) is 2.24. The number of sulfonamides is 1. The van der Waals surface area contributed by atoms with Gasteiger partial charge < -0.3 is 5.73 Å². The van der Waals surface area contributed by atoms with Crippen LogP contribution in [-0.2, 0) is 14.8 Å². The number of nitrogens with zero attached hydrogens (tertiary/aromatic N) is 1. The van der Waals surface area contributed by atoms with Crippen LogP contribution in [-0.4, -0.2) is 31.2 Å². The largest absolute Gasteiger partial charge is 0.369 e. The third kappa shape index (κ3) is 3.24. The SMILES string of the molecule is Cc1cc(S(=O)(=O)N(CC(N)=O)C2CCCC2)sc1Br. The Morgan fingerprint density at radius 3 is 2.55 bits per heavy atom. The molecule has 1 aromatic rings. The van der Waals surface area contributed by atoms with Crippen LogP contribution in [0.5, 0.6) is 0 Å². The maximum Gasteiger partial charge on any atom is 0.253 e. The summed E-state index contributed by atoms with van der Waals surface area (Å²) in [7, 11) is -3.66. The second kappa shape index (κ2) is 6.13. The Morgan fingerprint density at radius 2 is 2.10 bits per heavy atom. The normalized spacial score (nSPS) is 16.9. The summed E-state index contributed by atoms with van der Waals surface area (Å²) in [6.45, 7) is 1.59. The van der Waals surface area contributed by atoms with Gasteiger partial charge in [-0.1, -0.05) is 12.8 Å². The number of halogens is 1. The summed E-state index contributed by atoms with van der Waals surface area (Å²) in [5.41, 5.74) is 6.09. The van der Waals surface area contributed by atoms with Gasteiger partial charge in [0.25, 0.3) is 10.0 Å². The van der Waals surface area contributed by atoms with Crippen molar-refractivity contribution in [1.29, 1.82) is 0 Å². The van der Waals surface area contributed by atoms with Gasteiger partial charge in [0.1, 0.15) is 4.21 Å². The third-order valence-corrected chi connectivity index (χ3v) is 7.93. The summed E-state index contributed by atoms with van der Waals surface area (Å²) in [6, 6.07) is 1.52. The lowest BCUT2D eigenvalue weighted by molar-refractivity contribution is -0.118. The molecule has 0 unspecified atom stereocenters. The number of carbonyl (C=O) groups is 1. The molecule has 1 aliphatic carbocycles. The zero-order valence-corrected chi connectivity index (χ0v) is 14.4. The minimum atomic E-state index is -3.66. The molecular weight excluding hydrogens is 364 g/mol. The van der Waals surface area contributed by atoms with Crippen LogP contribution in [0.4, 0.5) is 0 Å². The molecule has 8 heteroatoms. The number of rotatable bonds is 5. The Hall–Kier alpha value is -0.440. The summed E-state index contributed by atoms with van der Waals surface area (Å²) in [5.74, 6) is -0.618. The lowest BCUT2D eigenvalue weighted by Crippen LogP contribution is -2.43. The fraction of sp³-hybridized carbons (Fsp3) is 0.583. The van der Waals surface area contributed by atoms with Gasteiger partial charge in [-0.15, -0.1) is 11.3 Å². The van der Waals surface area contributed by atoms with Crippen molar-refractivity contribution in [3.63, 3.8) is 0 Å². The molecule has 2 N–H and O–H groups in total. The van der Waals surface area contributed by atoms with Crippen LogP contribution in [0.25, 0.3) is 0 Å². The molecule has 1 amide bonds. The number of aryl methyl sites for hydroxylation is 1. The molecule has 1 aromatic heterocycles. The molecular formula is C12H17BrN2O3S2. The van der Waals surface area contributed by atoms with Crippen LogP contribution in [0.3, 0.4) is 0 Å². The fourth-order valence-electron chi connectivity index (χ4n) is 2.43. The Morgan fingerprint density at radius 1 is 1.50 bits per heavy atom. The topological polar surface area (TPSA) is 80.5 Å². The highest BCUT2D eigenvalue weighted by atomic mass is 79.9. The first-order valence-electron chi connectivity index (χ1n) is 6.38. The highest BCUT2D eigenvalue weighted by Gasteiger charge is 2.35. The van der Waals surface area contributed by atoms with Gasteiger partial charge in [-0.2, -0.15) is 4.31 Å². The molecule has 1 fully saturated rings. The van der Waals surface area contributed by atoms with Crippen LogP contribution in [0.1, 0.15) is 31.2 Å². The molecule has 0 bridgehead atoms. The van der Waals surface area contributed by atoms with Crippen molar-refractivity contribution in [3.8, 4) is 0 Å². The maximum absolute atomic E-state index is 12.7. The van der Waals surface area contributed by atoms with Crippen molar-refractivity contribution in [2.75, 3.05) is 6.54 Å². The van der Waals surface area contributed by atoms with Gasteiger partial charge in [0.05, 0.1) is 10.3 Å². The first-order valence-corrected chi connectivity index (χ1v) is 9.43. The Bertz CT molecular complexity index is 587. The summed E-state index contributed by atoms with van der Waals surface area (Å²) in [6.07, 6.45) is 3.56. The molecule has 0 aromatic carbocycles. The number of thiophene rings is 1. The van der Waals surface area contributed by atoms with E-state index in [9.17, 15) is 13.2 Å². The molecule has 1 saturated carbocycles. The van der Waals surface area contributed by atoms with Crippen LogP contribution in [0, 0.1) is 6.92 Å². The van der Waals surface area contributed by atoms with E-state index in [0.29, 0.717) is 0 Å². The van der Waals surface area contributed by atoms with Crippen LogP contribution in [0.15, 0.2) is 14.1 Å². The summed E-state index contributed by atoms with van der Waals surface area (Å²) in [4.78, 5) is 11.2. The highest BCUT2D eigenvalue weighted by Crippen LogP contribution is 2.35. The minimum absolute atomic E-state index is 0.117. The second-order valence-electron chi connectivity index (χ2n) is 4.98. The quantitative estimate of drug-likeness (QED) is 0.850. The first-order chi connectivity index (χ1) is 9.32. The Balaban J connectivity index is 2.37. The van der Waals surface area contributed by atoms with Crippen molar-refractivity contribution < 1.29 is 13.2 Å². The lowest BCUT2D eigenvalue weighted by Gasteiger charge is -2.26. The molecule has 0 saturated heterocycles. The molecule has 1 aliphatic rings. The minimum Gasteiger partial charge on any atom is -0.369 e. The van der Waals surface area contributed by atoms with Gasteiger partial charge in [0.15, 0.2) is 0 Å². The van der Waals surface area contributed by atoms with Gasteiger partial charge in [-0.3, -0.25) is 4.79 Å². The van der Waals surface area contributed by atoms with Crippen molar-refractivity contribution in [1.82, 2.24) is 4.31 Å². The number of hydrogen-bond donors (Lipinski definition) is 1. The molecule has 0 spiro atoms. The van der Waals surface area contributed by atoms with E-state index in [1.165, 1.54) is 15.6 Å². The van der Waals surface area contributed by atoms with Crippen LogP contribution < -0.4 is 5.73 Å². The average molecular weight is 381 g/mol. The number of nitrogens with two attached hydrogens (primary N) is 1. The molecule has 112 valence electrons. The van der Waals surface area contributed by atoms with Gasteiger partial charge in [0.2, 0.25) is 5.91 Å². The van der Waals surface area contributed by atoms with Gasteiger partial charge in [-0.05, 0) is 47.3 Å². The van der Waals surface area contributed by atoms with E-state index in [-0.39, 0.29) is 16.8 Å². The third-order valence-electron chi connectivity index (χ3n) is 3.44. The zero-order chi connectivity index (χ0) is 14.9. The molecule has 20 heavy (non-hydrogen) atoms. The van der Waals surface area contributed by atoms with Crippen LogP contribution >= 0.6 is 27.3 Å². The van der Waals surface area contributed by atoms with Crippen LogP contribution in [0.2, 0.25) is 0 Å². The van der Waals surface area contributed by atoms with Gasteiger partial charge in [-0.25, -0.2) is 8.42 Å². The summed E-state index contributed by atoms with van der Waals surface area (Å²) in [5, 5.41) is 0. The number of amides is 1. The average Bonchev–Trinajstić information content (AvgIpc) is 2.97. The first kappa shape index (κ1) is 15.9. The Kier molecular flexibility index (Phi) is 4.88. The lowest BCUT2D eigenvalue weighted by atomic mass is 10.2. The summed E-state index contributed by atoms with van der Waals surface area (Å²) < 4.78 is 27.8. The number of primary amides is 1. The second-order valence-corrected chi connectivity index (χ2v) is 9.46. The molecule has 1 heterocycles. The smallest absolute Gasteiger partial charge is 0.253 e. The highest BCUT2D eigenvalue weighted by molar-refractivity contribution is 9.11. The Labute approximate surface area is 131 Å². The monoisotopic (exact) mass is 380 g/mol. The molecule has 0 aliphatic heterocycles. The molecule has 5 nitrogen and oxygen atoms in total. The van der Waals surface area contributed by atoms with Crippen molar-refractivity contribution in [2.24, 2.45) is 5.73 Å². The van der Waals surface area contributed by atoms with E-state index in [1.807, 2.05) is 6.92 Å². The maximum atomic E-state index is 12.7. The van der Waals surface area contributed by atoms with E-state index in [0.717, 1.165) is 35.0 Å². The van der Waals surface area contributed by atoms with Crippen molar-refractivity contribution in [3.05, 3.63) is 15.4 Å². The number of hydrogen-bond acceptors (Lipinski definition) is 4. The van der Waals surface area contributed by atoms with E-state index in [2.05, 4.69) is 15.9 Å². The molecule has 2 rings (SSSR count). The van der Waals surface area contributed by atoms with E-state index in [4.69, 9.17) is 5.73 Å². The standard InChI is InChI=1S/C12H17BrN2O3S2/c1-8-6-11(19-12(8)13)20(17,18)15(7-10(14)16)9-4-2-3-5-9/h6,9H,2-5,7H2,1H3,(H2,14,16). The van der Waals surface area contributed by atoms with E-state index in [1.54, 1.807) is 6.07 Å². The predicted molar refractivity (Wildman–Crippen MR) is 82.1 cm³/mol. The summed E-state index contributed by atoms with van der Waals surface area (Å²) >= 11 is 4.51. The van der Waals surface area contributed by atoms with Crippen molar-refractivity contribution >= 4 is 43.2 Å².